The minimum Gasteiger partial charge on any atom is -0.382 e. The smallest absolute Gasteiger partial charge is 0.382 e. The summed E-state index contributed by atoms with van der Waals surface area (Å²) < 4.78 is 38.8. The van der Waals surface area contributed by atoms with E-state index in [-0.39, 0.29) is 47.0 Å². The van der Waals surface area contributed by atoms with Crippen LogP contribution in [-0.4, -0.2) is 28.4 Å². The highest BCUT2D eigenvalue weighted by atomic mass is 35.5. The zero-order chi connectivity index (χ0) is 20.2. The number of carbonyl (C=O) groups is 1. The number of nitrogens with zero attached hydrogens (tertiary/aromatic N) is 3. The Bertz CT molecular complexity index is 886. The van der Waals surface area contributed by atoms with E-state index in [0.29, 0.717) is 0 Å². The van der Waals surface area contributed by atoms with Gasteiger partial charge >= 0.3 is 6.18 Å². The van der Waals surface area contributed by atoms with Gasteiger partial charge in [-0.3, -0.25) is 15.1 Å². The van der Waals surface area contributed by atoms with Gasteiger partial charge in [0.25, 0.3) is 5.91 Å². The van der Waals surface area contributed by atoms with Crippen molar-refractivity contribution >= 4 is 35.1 Å². The molecular formula is C15H15ClF3N7O. The lowest BCUT2D eigenvalue weighted by Gasteiger charge is -2.11. The molecule has 1 aromatic carbocycles. The standard InChI is InChI=1S/C15H15ClF3N7O/c16-10-12(21)25-11(20)9(24-10)13(27)26-14(22)23-6-5-7-3-1-2-4-8(7)15(17,18)19/h1-4H,5-6H2,(H4,20,21,25)(H3,22,23,26,27). The number of hydrogen-bond acceptors (Lipinski definition) is 6. The quantitative estimate of drug-likeness (QED) is 0.452. The molecule has 0 bridgehead atoms. The van der Waals surface area contributed by atoms with Gasteiger partial charge in [-0.15, -0.1) is 0 Å². The molecule has 12 heteroatoms. The molecule has 0 aliphatic heterocycles. The number of hydrogen-bond donors (Lipinski definition) is 4. The van der Waals surface area contributed by atoms with E-state index in [1.165, 1.54) is 18.2 Å². The van der Waals surface area contributed by atoms with E-state index in [9.17, 15) is 18.0 Å². The number of nitrogens with one attached hydrogen (secondary N) is 1. The van der Waals surface area contributed by atoms with Crippen LogP contribution < -0.4 is 22.5 Å². The zero-order valence-corrected chi connectivity index (χ0v) is 14.5. The van der Waals surface area contributed by atoms with Crippen molar-refractivity contribution in [3.8, 4) is 0 Å². The molecule has 2 aromatic rings. The first kappa shape index (κ1) is 20.2. The highest BCUT2D eigenvalue weighted by Crippen LogP contribution is 2.31. The van der Waals surface area contributed by atoms with E-state index >= 15 is 0 Å². The molecule has 1 heterocycles. The Morgan fingerprint density at radius 3 is 2.52 bits per heavy atom. The second-order valence-corrected chi connectivity index (χ2v) is 5.62. The maximum atomic E-state index is 12.9. The van der Waals surface area contributed by atoms with E-state index in [4.69, 9.17) is 28.8 Å². The molecule has 0 spiro atoms. The van der Waals surface area contributed by atoms with Crippen LogP contribution in [0, 0.1) is 0 Å². The molecule has 144 valence electrons. The summed E-state index contributed by atoms with van der Waals surface area (Å²) in [6, 6.07) is 5.12. The fraction of sp³-hybridized carbons (Fsp3) is 0.200. The van der Waals surface area contributed by atoms with Crippen LogP contribution in [0.25, 0.3) is 0 Å². The largest absolute Gasteiger partial charge is 0.416 e. The van der Waals surface area contributed by atoms with E-state index in [1.54, 1.807) is 0 Å². The number of anilines is 2. The van der Waals surface area contributed by atoms with Crippen LogP contribution in [0.15, 0.2) is 29.3 Å². The van der Waals surface area contributed by atoms with Gasteiger partial charge in [0.05, 0.1) is 5.56 Å². The van der Waals surface area contributed by atoms with Crippen molar-refractivity contribution in [2.75, 3.05) is 18.0 Å². The number of nitrogens with two attached hydrogens (primary N) is 3. The maximum Gasteiger partial charge on any atom is 0.416 e. The van der Waals surface area contributed by atoms with Gasteiger partial charge in [-0.05, 0) is 18.1 Å². The van der Waals surface area contributed by atoms with Gasteiger partial charge < -0.3 is 17.2 Å². The number of halogens is 4. The van der Waals surface area contributed by atoms with Crippen molar-refractivity contribution in [2.45, 2.75) is 12.6 Å². The number of benzene rings is 1. The molecule has 27 heavy (non-hydrogen) atoms. The lowest BCUT2D eigenvalue weighted by atomic mass is 10.0. The van der Waals surface area contributed by atoms with Gasteiger partial charge in [-0.1, -0.05) is 29.8 Å². The van der Waals surface area contributed by atoms with Crippen molar-refractivity contribution < 1.29 is 18.0 Å². The average molecular weight is 402 g/mol. The van der Waals surface area contributed by atoms with Crippen LogP contribution in [-0.2, 0) is 12.6 Å². The molecule has 2 rings (SSSR count). The Hall–Kier alpha value is -3.08. The van der Waals surface area contributed by atoms with E-state index in [0.717, 1.165) is 6.07 Å². The summed E-state index contributed by atoms with van der Waals surface area (Å²) >= 11 is 5.68. The average Bonchev–Trinajstić information content (AvgIpc) is 2.57. The lowest BCUT2D eigenvalue weighted by Crippen LogP contribution is -2.38. The predicted octanol–water partition coefficient (Wildman–Crippen LogP) is 1.60. The van der Waals surface area contributed by atoms with Crippen LogP contribution in [0.4, 0.5) is 24.8 Å². The fourth-order valence-electron chi connectivity index (χ4n) is 2.14. The number of rotatable bonds is 4. The predicted molar refractivity (Wildman–Crippen MR) is 95.0 cm³/mol. The third-order valence-corrected chi connectivity index (χ3v) is 3.63. The van der Waals surface area contributed by atoms with Crippen LogP contribution in [0.3, 0.4) is 0 Å². The van der Waals surface area contributed by atoms with Crippen molar-refractivity contribution in [3.63, 3.8) is 0 Å². The molecule has 0 fully saturated rings. The van der Waals surface area contributed by atoms with Gasteiger partial charge in [0.15, 0.2) is 28.4 Å². The molecule has 8 nitrogen and oxygen atoms in total. The van der Waals surface area contributed by atoms with Gasteiger partial charge in [-0.25, -0.2) is 9.97 Å². The topological polar surface area (TPSA) is 145 Å². The van der Waals surface area contributed by atoms with Gasteiger partial charge in [-0.2, -0.15) is 13.2 Å². The monoisotopic (exact) mass is 401 g/mol. The second kappa shape index (κ2) is 8.08. The highest BCUT2D eigenvalue weighted by molar-refractivity contribution is 6.31. The van der Waals surface area contributed by atoms with E-state index in [2.05, 4.69) is 20.3 Å². The fourth-order valence-corrected chi connectivity index (χ4v) is 2.26. The molecule has 1 aromatic heterocycles. The first-order chi connectivity index (χ1) is 12.6. The Morgan fingerprint density at radius 1 is 1.19 bits per heavy atom. The van der Waals surface area contributed by atoms with Crippen molar-refractivity contribution in [1.29, 1.82) is 0 Å². The molecule has 1 amide bonds. The van der Waals surface area contributed by atoms with Crippen LogP contribution in [0.5, 0.6) is 0 Å². The van der Waals surface area contributed by atoms with E-state index < -0.39 is 17.6 Å². The SMILES string of the molecule is NC(=NCCc1ccccc1C(F)(F)F)NC(=O)c1nc(Cl)c(N)nc1N. The normalized spacial score (nSPS) is 12.1. The van der Waals surface area contributed by atoms with E-state index in [1.807, 2.05) is 0 Å². The summed E-state index contributed by atoms with van der Waals surface area (Å²) in [6.45, 7) is -0.0805. The van der Waals surface area contributed by atoms with Gasteiger partial charge in [0.1, 0.15) is 0 Å². The van der Waals surface area contributed by atoms with Crippen LogP contribution >= 0.6 is 11.6 Å². The number of aromatic nitrogens is 2. The van der Waals surface area contributed by atoms with Crippen molar-refractivity contribution in [3.05, 3.63) is 46.2 Å². The molecule has 0 atom stereocenters. The van der Waals surface area contributed by atoms with Crippen LogP contribution in [0.2, 0.25) is 5.15 Å². The zero-order valence-electron chi connectivity index (χ0n) is 13.7. The summed E-state index contributed by atoms with van der Waals surface area (Å²) in [5, 5.41) is 1.99. The Balaban J connectivity index is 2.04. The maximum absolute atomic E-state index is 12.9. The number of carbonyl (C=O) groups excluding carboxylic acids is 1. The number of amides is 1. The molecule has 0 aliphatic rings. The summed E-state index contributed by atoms with van der Waals surface area (Å²) in [6.07, 6.45) is -4.49. The number of nitrogen functional groups attached to an aromatic ring is 2. The highest BCUT2D eigenvalue weighted by Gasteiger charge is 2.32. The third-order valence-electron chi connectivity index (χ3n) is 3.35. The number of alkyl halides is 3. The summed E-state index contributed by atoms with van der Waals surface area (Å²) in [4.78, 5) is 23.2. The third kappa shape index (κ3) is 5.20. The molecule has 0 unspecified atom stereocenters. The molecule has 0 saturated carbocycles. The summed E-state index contributed by atoms with van der Waals surface area (Å²) in [5.74, 6) is -1.56. The Labute approximate surface area is 156 Å². The van der Waals surface area contributed by atoms with Gasteiger partial charge in [0.2, 0.25) is 0 Å². The van der Waals surface area contributed by atoms with Gasteiger partial charge in [0, 0.05) is 6.54 Å². The second-order valence-electron chi connectivity index (χ2n) is 5.26. The Morgan fingerprint density at radius 2 is 1.85 bits per heavy atom. The summed E-state index contributed by atoms with van der Waals surface area (Å²) in [5.41, 5.74) is 15.5. The minimum atomic E-state index is -4.47. The molecule has 0 radical (unpaired) electrons. The number of aliphatic imine (C=N–C) groups is 1. The first-order valence-corrected chi connectivity index (χ1v) is 7.82. The van der Waals surface area contributed by atoms with Crippen LogP contribution in [0.1, 0.15) is 21.6 Å². The van der Waals surface area contributed by atoms with Crippen molar-refractivity contribution in [2.24, 2.45) is 10.7 Å². The molecule has 0 saturated heterocycles. The number of guanidine groups is 1. The Kier molecular flexibility index (Phi) is 6.05. The molecule has 0 aliphatic carbocycles. The minimum absolute atomic E-state index is 0.0259. The van der Waals surface area contributed by atoms with Crippen molar-refractivity contribution in [1.82, 2.24) is 15.3 Å². The first-order valence-electron chi connectivity index (χ1n) is 7.44. The molecular weight excluding hydrogens is 387 g/mol. The summed E-state index contributed by atoms with van der Waals surface area (Å²) in [7, 11) is 0. The lowest BCUT2D eigenvalue weighted by molar-refractivity contribution is -0.138. The molecule has 7 N–H and O–H groups in total.